The second-order valence-corrected chi connectivity index (χ2v) is 16.2. The Hall–Kier alpha value is -5.94. The van der Waals surface area contributed by atoms with E-state index in [0.717, 1.165) is 0 Å². The molecule has 2 atom stereocenters. The van der Waals surface area contributed by atoms with Gasteiger partial charge in [0.15, 0.2) is 0 Å². The maximum atomic E-state index is 2.57. The van der Waals surface area contributed by atoms with Crippen LogP contribution in [0.4, 0.5) is 11.4 Å². The van der Waals surface area contributed by atoms with Crippen molar-refractivity contribution in [2.24, 2.45) is 0 Å². The Balaban J connectivity index is 0.989. The molecule has 2 unspecified atom stereocenters. The molecule has 52 heavy (non-hydrogen) atoms. The SMILES string of the molecule is C1=CC2c3cc(-c4ccc5c(c4)c4ccccc4n5-c4ccccc4)ccc3N(c3ccc4c(c3)sc3ccc5sc6ccccc6c5c34)C2C=C1. The van der Waals surface area contributed by atoms with E-state index in [4.69, 9.17) is 0 Å². The van der Waals surface area contributed by atoms with Crippen LogP contribution >= 0.6 is 22.7 Å². The Labute approximate surface area is 308 Å². The summed E-state index contributed by atoms with van der Waals surface area (Å²) in [4.78, 5) is 2.57. The number of anilines is 2. The molecule has 1 aliphatic heterocycles. The smallest absolute Gasteiger partial charge is 0.0629 e. The highest BCUT2D eigenvalue weighted by Gasteiger charge is 2.37. The molecule has 0 amide bonds. The van der Waals surface area contributed by atoms with E-state index in [9.17, 15) is 0 Å². The molecule has 0 fully saturated rings. The molecule has 1 aliphatic carbocycles. The Kier molecular flexibility index (Phi) is 5.96. The number of aromatic nitrogens is 1. The third kappa shape index (κ3) is 3.99. The summed E-state index contributed by atoms with van der Waals surface area (Å²) in [5, 5.41) is 8.08. The van der Waals surface area contributed by atoms with Gasteiger partial charge in [0.2, 0.25) is 0 Å². The molecule has 4 heterocycles. The van der Waals surface area contributed by atoms with Crippen LogP contribution in [-0.4, -0.2) is 10.6 Å². The summed E-state index contributed by atoms with van der Waals surface area (Å²) in [6.45, 7) is 0. The van der Waals surface area contributed by atoms with Gasteiger partial charge in [0.25, 0.3) is 0 Å². The molecule has 12 rings (SSSR count). The van der Waals surface area contributed by atoms with E-state index in [1.807, 2.05) is 22.7 Å². The summed E-state index contributed by atoms with van der Waals surface area (Å²) in [7, 11) is 0. The van der Waals surface area contributed by atoms with Gasteiger partial charge in [0.05, 0.1) is 17.1 Å². The third-order valence-corrected chi connectivity index (χ3v) is 13.6. The molecule has 2 aliphatic rings. The Morgan fingerprint density at radius 3 is 2.02 bits per heavy atom. The first-order chi connectivity index (χ1) is 25.8. The number of hydrogen-bond donors (Lipinski definition) is 0. The van der Waals surface area contributed by atoms with Crippen molar-refractivity contribution in [3.63, 3.8) is 0 Å². The molecule has 7 aromatic carbocycles. The molecule has 4 heteroatoms. The molecule has 10 aromatic rings. The number of benzene rings is 7. The van der Waals surface area contributed by atoms with Crippen LogP contribution in [-0.2, 0) is 0 Å². The van der Waals surface area contributed by atoms with Crippen molar-refractivity contribution in [3.05, 3.63) is 175 Å². The molecule has 3 aromatic heterocycles. The number of rotatable bonds is 3. The van der Waals surface area contributed by atoms with Crippen molar-refractivity contribution >= 4 is 96.2 Å². The zero-order valence-electron chi connectivity index (χ0n) is 28.0. The molecule has 2 nitrogen and oxygen atoms in total. The first kappa shape index (κ1) is 28.7. The first-order valence-electron chi connectivity index (χ1n) is 17.9. The standard InChI is InChI=1S/C48H30N2S2/c1-2-10-31(11-3-1)49-39-15-7-4-12-33(39)37-26-29(18-22-41(37)49)30-19-23-42-38(27-30)34-13-5-8-16-40(34)50(42)32-20-21-36-46(28-32)52-45-25-24-44-47(48(36)45)35-14-6-9-17-43(35)51-44/h1-28,34,40H. The minimum absolute atomic E-state index is 0.237. The summed E-state index contributed by atoms with van der Waals surface area (Å²) in [6.07, 6.45) is 9.20. The van der Waals surface area contributed by atoms with Crippen molar-refractivity contribution in [2.75, 3.05) is 4.90 Å². The predicted molar refractivity (Wildman–Crippen MR) is 225 cm³/mol. The number of fused-ring (bicyclic) bond motifs is 13. The van der Waals surface area contributed by atoms with Crippen molar-refractivity contribution in [1.29, 1.82) is 0 Å². The fourth-order valence-corrected chi connectivity index (χ4v) is 11.3. The van der Waals surface area contributed by atoms with E-state index in [2.05, 4.69) is 179 Å². The first-order valence-corrected chi connectivity index (χ1v) is 19.6. The van der Waals surface area contributed by atoms with Crippen LogP contribution in [0.2, 0.25) is 0 Å². The van der Waals surface area contributed by atoms with E-state index in [0.29, 0.717) is 5.92 Å². The average molecular weight is 699 g/mol. The minimum atomic E-state index is 0.237. The number of hydrogen-bond acceptors (Lipinski definition) is 3. The van der Waals surface area contributed by atoms with Crippen LogP contribution in [0, 0.1) is 0 Å². The number of para-hydroxylation sites is 2. The van der Waals surface area contributed by atoms with Gasteiger partial charge >= 0.3 is 0 Å². The van der Waals surface area contributed by atoms with Gasteiger partial charge in [-0.3, -0.25) is 0 Å². The highest BCUT2D eigenvalue weighted by Crippen LogP contribution is 2.51. The van der Waals surface area contributed by atoms with Crippen LogP contribution < -0.4 is 4.90 Å². The van der Waals surface area contributed by atoms with Gasteiger partial charge in [0.1, 0.15) is 0 Å². The van der Waals surface area contributed by atoms with Crippen LogP contribution in [0.25, 0.3) is 79.0 Å². The monoisotopic (exact) mass is 698 g/mol. The molecule has 0 saturated heterocycles. The lowest BCUT2D eigenvalue weighted by Crippen LogP contribution is -2.28. The van der Waals surface area contributed by atoms with Gasteiger partial charge in [-0.15, -0.1) is 22.7 Å². The maximum Gasteiger partial charge on any atom is 0.0629 e. The topological polar surface area (TPSA) is 8.17 Å². The van der Waals surface area contributed by atoms with Gasteiger partial charge in [0, 0.05) is 74.1 Å². The summed E-state index contributed by atoms with van der Waals surface area (Å²) in [6, 6.07) is 54.5. The van der Waals surface area contributed by atoms with Crippen LogP contribution in [0.15, 0.2) is 170 Å². The quantitative estimate of drug-likeness (QED) is 0.178. The Bertz CT molecular complexity index is 3160. The molecule has 244 valence electrons. The number of allylic oxidation sites excluding steroid dienone is 2. The van der Waals surface area contributed by atoms with Crippen molar-refractivity contribution in [3.8, 4) is 16.8 Å². The highest BCUT2D eigenvalue weighted by molar-refractivity contribution is 7.28. The molecular formula is C48H30N2S2. The Morgan fingerprint density at radius 2 is 1.13 bits per heavy atom. The molecule has 0 spiro atoms. The largest absolute Gasteiger partial charge is 0.333 e. The van der Waals surface area contributed by atoms with E-state index < -0.39 is 0 Å². The van der Waals surface area contributed by atoms with E-state index >= 15 is 0 Å². The lowest BCUT2D eigenvalue weighted by Gasteiger charge is -2.28. The van der Waals surface area contributed by atoms with Gasteiger partial charge in [-0.2, -0.15) is 0 Å². The minimum Gasteiger partial charge on any atom is -0.333 e. The van der Waals surface area contributed by atoms with E-state index in [1.165, 1.54) is 95.9 Å². The summed E-state index contributed by atoms with van der Waals surface area (Å²) >= 11 is 3.82. The summed E-state index contributed by atoms with van der Waals surface area (Å²) in [5.74, 6) is 0.290. The molecular weight excluding hydrogens is 669 g/mol. The molecule has 0 saturated carbocycles. The summed E-state index contributed by atoms with van der Waals surface area (Å²) in [5.41, 5.74) is 10.1. The van der Waals surface area contributed by atoms with Crippen molar-refractivity contribution in [2.45, 2.75) is 12.0 Å². The second kappa shape index (κ2) is 10.8. The van der Waals surface area contributed by atoms with E-state index in [1.54, 1.807) is 0 Å². The number of thiophene rings is 2. The summed E-state index contributed by atoms with van der Waals surface area (Å²) < 4.78 is 7.81. The zero-order valence-corrected chi connectivity index (χ0v) is 29.7. The van der Waals surface area contributed by atoms with Gasteiger partial charge in [-0.25, -0.2) is 0 Å². The fourth-order valence-electron chi connectivity index (χ4n) is 9.05. The lowest BCUT2D eigenvalue weighted by molar-refractivity contribution is 0.745. The molecule has 0 radical (unpaired) electrons. The van der Waals surface area contributed by atoms with Crippen LogP contribution in [0.5, 0.6) is 0 Å². The predicted octanol–water partition coefficient (Wildman–Crippen LogP) is 13.9. The third-order valence-electron chi connectivity index (χ3n) is 11.3. The Morgan fingerprint density at radius 1 is 0.442 bits per heavy atom. The lowest BCUT2D eigenvalue weighted by atomic mass is 9.89. The zero-order chi connectivity index (χ0) is 33.9. The molecule has 0 bridgehead atoms. The van der Waals surface area contributed by atoms with Crippen LogP contribution in [0.1, 0.15) is 11.5 Å². The van der Waals surface area contributed by atoms with Gasteiger partial charge in [-0.1, -0.05) is 97.1 Å². The van der Waals surface area contributed by atoms with Crippen molar-refractivity contribution in [1.82, 2.24) is 4.57 Å². The van der Waals surface area contributed by atoms with Crippen LogP contribution in [0.3, 0.4) is 0 Å². The van der Waals surface area contributed by atoms with Crippen molar-refractivity contribution < 1.29 is 0 Å². The number of nitrogens with zero attached hydrogens (tertiary/aromatic N) is 2. The maximum absolute atomic E-state index is 2.57. The van der Waals surface area contributed by atoms with Gasteiger partial charge < -0.3 is 9.47 Å². The van der Waals surface area contributed by atoms with Gasteiger partial charge in [-0.05, 0) is 89.5 Å². The molecule has 0 N–H and O–H groups in total. The fraction of sp³-hybridized carbons (Fsp3) is 0.0417. The van der Waals surface area contributed by atoms with E-state index in [-0.39, 0.29) is 6.04 Å². The average Bonchev–Trinajstić information content (AvgIpc) is 3.95. The normalized spacial score (nSPS) is 16.7. The highest BCUT2D eigenvalue weighted by atomic mass is 32.1. The second-order valence-electron chi connectivity index (χ2n) is 14.0.